The Kier molecular flexibility index (Phi) is 4.66. The first-order chi connectivity index (χ1) is 13.2. The Morgan fingerprint density at radius 1 is 1.22 bits per heavy atom. The number of ether oxygens (including phenoxy) is 1. The number of hydrogen-bond donors (Lipinski definition) is 1. The van der Waals surface area contributed by atoms with Crippen LogP contribution in [0.5, 0.6) is 5.75 Å². The maximum absolute atomic E-state index is 12.7. The van der Waals surface area contributed by atoms with Crippen molar-refractivity contribution >= 4 is 23.3 Å². The van der Waals surface area contributed by atoms with Crippen molar-refractivity contribution in [2.45, 2.75) is 19.4 Å². The average Bonchev–Trinajstić information content (AvgIpc) is 3.24. The van der Waals surface area contributed by atoms with Crippen LogP contribution in [-0.4, -0.2) is 48.4 Å². The number of aromatic nitrogens is 1. The number of fused-ring (bicyclic) bond motifs is 1. The summed E-state index contributed by atoms with van der Waals surface area (Å²) in [5.41, 5.74) is 2.15. The zero-order chi connectivity index (χ0) is 18.8. The number of hydrogen-bond acceptors (Lipinski definition) is 5. The minimum Gasteiger partial charge on any atom is -0.497 e. The lowest BCUT2D eigenvalue weighted by Gasteiger charge is -2.30. The minimum atomic E-state index is -0.0501. The summed E-state index contributed by atoms with van der Waals surface area (Å²) in [6.45, 7) is 2.17. The van der Waals surface area contributed by atoms with Crippen LogP contribution in [0, 0.1) is 0 Å². The Labute approximate surface area is 157 Å². The number of likely N-dealkylation sites (tertiary alicyclic amines) is 1. The summed E-state index contributed by atoms with van der Waals surface area (Å²) in [6, 6.07) is 9.38. The first-order valence-electron chi connectivity index (χ1n) is 9.12. The first-order valence-corrected chi connectivity index (χ1v) is 9.12. The number of anilines is 2. The second-order valence-electron chi connectivity index (χ2n) is 6.77. The fourth-order valence-electron chi connectivity index (χ4n) is 3.49. The molecular formula is C20H22N4O3. The van der Waals surface area contributed by atoms with Crippen molar-refractivity contribution in [1.29, 1.82) is 0 Å². The molecule has 0 bridgehead atoms. The zero-order valence-electron chi connectivity index (χ0n) is 15.3. The molecule has 1 aromatic heterocycles. The standard InChI is InChI=1S/C20H22N4O3/c1-27-16-6-4-14(5-7-16)13-24-17-10-15(20(26)23-8-2-3-9-23)11-21-19(17)22-12-18(24)25/h4-7,10-11H,2-3,8-9,12-13H2,1H3,(H,21,22). The molecule has 2 aliphatic heterocycles. The number of nitrogens with one attached hydrogen (secondary N) is 1. The fourth-order valence-corrected chi connectivity index (χ4v) is 3.49. The van der Waals surface area contributed by atoms with Crippen LogP contribution >= 0.6 is 0 Å². The summed E-state index contributed by atoms with van der Waals surface area (Å²) in [4.78, 5) is 33.2. The molecular weight excluding hydrogens is 344 g/mol. The van der Waals surface area contributed by atoms with E-state index in [1.54, 1.807) is 24.3 Å². The van der Waals surface area contributed by atoms with Gasteiger partial charge in [0.2, 0.25) is 5.91 Å². The monoisotopic (exact) mass is 366 g/mol. The van der Waals surface area contributed by atoms with Gasteiger partial charge in [0.1, 0.15) is 5.75 Å². The molecule has 1 saturated heterocycles. The number of nitrogens with zero attached hydrogens (tertiary/aromatic N) is 3. The normalized spacial score (nSPS) is 16.1. The SMILES string of the molecule is COc1ccc(CN2C(=O)CNc3ncc(C(=O)N4CCCC4)cc32)cc1. The highest BCUT2D eigenvalue weighted by Gasteiger charge is 2.27. The molecule has 0 spiro atoms. The summed E-state index contributed by atoms with van der Waals surface area (Å²) >= 11 is 0. The quantitative estimate of drug-likeness (QED) is 0.899. The maximum atomic E-state index is 12.7. The molecule has 4 rings (SSSR count). The zero-order valence-corrected chi connectivity index (χ0v) is 15.3. The topological polar surface area (TPSA) is 74.8 Å². The molecule has 1 N–H and O–H groups in total. The maximum Gasteiger partial charge on any atom is 0.255 e. The van der Waals surface area contributed by atoms with Gasteiger partial charge >= 0.3 is 0 Å². The van der Waals surface area contributed by atoms with Crippen LogP contribution in [0.4, 0.5) is 11.5 Å². The highest BCUT2D eigenvalue weighted by molar-refractivity contribution is 6.04. The van der Waals surface area contributed by atoms with Crippen LogP contribution in [0.2, 0.25) is 0 Å². The molecule has 0 aliphatic carbocycles. The summed E-state index contributed by atoms with van der Waals surface area (Å²) in [6.07, 6.45) is 3.66. The van der Waals surface area contributed by atoms with E-state index in [2.05, 4.69) is 10.3 Å². The number of carbonyl (C=O) groups excluding carboxylic acids is 2. The van der Waals surface area contributed by atoms with Gasteiger partial charge in [0.05, 0.1) is 31.5 Å². The molecule has 7 nitrogen and oxygen atoms in total. The lowest BCUT2D eigenvalue weighted by atomic mass is 10.1. The van der Waals surface area contributed by atoms with E-state index in [0.717, 1.165) is 37.2 Å². The van der Waals surface area contributed by atoms with Crippen LogP contribution in [0.25, 0.3) is 0 Å². The highest BCUT2D eigenvalue weighted by Crippen LogP contribution is 2.30. The number of carbonyl (C=O) groups is 2. The Hall–Kier alpha value is -3.09. The largest absolute Gasteiger partial charge is 0.497 e. The number of rotatable bonds is 4. The van der Waals surface area contributed by atoms with Crippen molar-refractivity contribution < 1.29 is 14.3 Å². The lowest BCUT2D eigenvalue weighted by Crippen LogP contribution is -2.40. The molecule has 0 unspecified atom stereocenters. The van der Waals surface area contributed by atoms with Crippen molar-refractivity contribution in [3.63, 3.8) is 0 Å². The van der Waals surface area contributed by atoms with Gasteiger partial charge in [-0.1, -0.05) is 12.1 Å². The molecule has 0 atom stereocenters. The molecule has 140 valence electrons. The van der Waals surface area contributed by atoms with Crippen LogP contribution in [-0.2, 0) is 11.3 Å². The van der Waals surface area contributed by atoms with Crippen molar-refractivity contribution in [3.8, 4) is 5.75 Å². The van der Waals surface area contributed by atoms with Crippen LogP contribution in [0.3, 0.4) is 0 Å². The summed E-state index contributed by atoms with van der Waals surface area (Å²) < 4.78 is 5.18. The molecule has 1 fully saturated rings. The van der Waals surface area contributed by atoms with Crippen molar-refractivity contribution in [2.75, 3.05) is 37.0 Å². The van der Waals surface area contributed by atoms with E-state index < -0.39 is 0 Å². The van der Waals surface area contributed by atoms with Crippen molar-refractivity contribution in [1.82, 2.24) is 9.88 Å². The van der Waals surface area contributed by atoms with E-state index in [9.17, 15) is 9.59 Å². The average molecular weight is 366 g/mol. The van der Waals surface area contributed by atoms with E-state index in [1.807, 2.05) is 29.2 Å². The fraction of sp³-hybridized carbons (Fsp3) is 0.350. The Morgan fingerprint density at radius 3 is 2.67 bits per heavy atom. The molecule has 2 amide bonds. The third-order valence-corrected chi connectivity index (χ3v) is 5.01. The van der Waals surface area contributed by atoms with Gasteiger partial charge in [0.15, 0.2) is 5.82 Å². The van der Waals surface area contributed by atoms with Crippen LogP contribution in [0.1, 0.15) is 28.8 Å². The Balaban J connectivity index is 1.62. The second-order valence-corrected chi connectivity index (χ2v) is 6.77. The number of benzene rings is 1. The van der Waals surface area contributed by atoms with E-state index in [1.165, 1.54) is 0 Å². The third kappa shape index (κ3) is 3.45. The predicted molar refractivity (Wildman–Crippen MR) is 102 cm³/mol. The van der Waals surface area contributed by atoms with Crippen LogP contribution in [0.15, 0.2) is 36.5 Å². The van der Waals surface area contributed by atoms with Gasteiger partial charge in [0.25, 0.3) is 5.91 Å². The first kappa shape index (κ1) is 17.3. The van der Waals surface area contributed by atoms with Gasteiger partial charge in [-0.15, -0.1) is 0 Å². The Morgan fingerprint density at radius 2 is 1.96 bits per heavy atom. The summed E-state index contributed by atoms with van der Waals surface area (Å²) in [5.74, 6) is 1.32. The lowest BCUT2D eigenvalue weighted by molar-refractivity contribution is -0.117. The van der Waals surface area contributed by atoms with Gasteiger partial charge in [0, 0.05) is 19.3 Å². The predicted octanol–water partition coefficient (Wildman–Crippen LogP) is 2.28. The van der Waals surface area contributed by atoms with Gasteiger partial charge < -0.3 is 19.9 Å². The molecule has 2 aliphatic rings. The molecule has 0 radical (unpaired) electrons. The molecule has 3 heterocycles. The molecule has 27 heavy (non-hydrogen) atoms. The number of methoxy groups -OCH3 is 1. The van der Waals surface area contributed by atoms with Crippen LogP contribution < -0.4 is 15.0 Å². The summed E-state index contributed by atoms with van der Waals surface area (Å²) in [5, 5.41) is 3.03. The number of pyridine rings is 1. The second kappa shape index (κ2) is 7.26. The van der Waals surface area contributed by atoms with E-state index in [-0.39, 0.29) is 18.4 Å². The summed E-state index contributed by atoms with van der Waals surface area (Å²) in [7, 11) is 1.62. The van der Waals surface area contributed by atoms with Gasteiger partial charge in [-0.3, -0.25) is 9.59 Å². The molecule has 7 heteroatoms. The van der Waals surface area contributed by atoms with E-state index >= 15 is 0 Å². The van der Waals surface area contributed by atoms with E-state index in [4.69, 9.17) is 4.74 Å². The van der Waals surface area contributed by atoms with Gasteiger partial charge in [-0.25, -0.2) is 4.98 Å². The highest BCUT2D eigenvalue weighted by atomic mass is 16.5. The molecule has 2 aromatic rings. The smallest absolute Gasteiger partial charge is 0.255 e. The van der Waals surface area contributed by atoms with Gasteiger partial charge in [-0.2, -0.15) is 0 Å². The third-order valence-electron chi connectivity index (χ3n) is 5.01. The van der Waals surface area contributed by atoms with Crippen molar-refractivity contribution in [3.05, 3.63) is 47.7 Å². The van der Waals surface area contributed by atoms with Crippen molar-refractivity contribution in [2.24, 2.45) is 0 Å². The number of amides is 2. The molecule has 0 saturated carbocycles. The Bertz CT molecular complexity index is 860. The molecule has 1 aromatic carbocycles. The van der Waals surface area contributed by atoms with E-state index in [0.29, 0.717) is 23.6 Å². The minimum absolute atomic E-state index is 0.0229. The van der Waals surface area contributed by atoms with Gasteiger partial charge in [-0.05, 0) is 36.6 Å².